The van der Waals surface area contributed by atoms with Crippen molar-refractivity contribution >= 4 is 64.1 Å². The van der Waals surface area contributed by atoms with Crippen LogP contribution in [0.2, 0.25) is 15.1 Å². The molecule has 1 aromatic rings. The first kappa shape index (κ1) is 15.5. The van der Waals surface area contributed by atoms with E-state index in [2.05, 4.69) is 0 Å². The van der Waals surface area contributed by atoms with Gasteiger partial charge in [-0.25, -0.2) is 4.90 Å². The molecule has 1 aliphatic rings. The van der Waals surface area contributed by atoms with E-state index in [1.54, 1.807) is 0 Å². The highest BCUT2D eigenvalue weighted by Gasteiger charge is 2.40. The van der Waals surface area contributed by atoms with Gasteiger partial charge in [0, 0.05) is 12.2 Å². The first-order valence-corrected chi connectivity index (χ1v) is 7.60. The molecule has 1 fully saturated rings. The number of nitrogens with zero attached hydrogens (tertiary/aromatic N) is 2. The van der Waals surface area contributed by atoms with E-state index >= 15 is 0 Å². The standard InChI is InChI=1S/C12H7Cl3N2O2S/c13-7-2-9(15)10(3-8(7)14)17-11(18)1-6(12(17)19)4-20-5-16/h2-3,6H,1,4H2. The van der Waals surface area contributed by atoms with Crippen molar-refractivity contribution in [2.45, 2.75) is 6.42 Å². The van der Waals surface area contributed by atoms with E-state index in [0.29, 0.717) is 0 Å². The van der Waals surface area contributed by atoms with Gasteiger partial charge in [-0.2, -0.15) is 5.26 Å². The summed E-state index contributed by atoms with van der Waals surface area (Å²) >= 11 is 18.7. The Balaban J connectivity index is 2.34. The lowest BCUT2D eigenvalue weighted by Gasteiger charge is -2.17. The molecule has 8 heteroatoms. The van der Waals surface area contributed by atoms with Crippen molar-refractivity contribution in [3.05, 3.63) is 27.2 Å². The maximum absolute atomic E-state index is 12.2. The number of thioether (sulfide) groups is 1. The molecule has 1 saturated heterocycles. The maximum Gasteiger partial charge on any atom is 0.238 e. The van der Waals surface area contributed by atoms with Gasteiger partial charge in [-0.15, -0.1) is 0 Å². The summed E-state index contributed by atoms with van der Waals surface area (Å²) in [5.41, 5.74) is 0.223. The minimum absolute atomic E-state index is 0.0596. The zero-order valence-electron chi connectivity index (χ0n) is 9.90. The van der Waals surface area contributed by atoms with Gasteiger partial charge in [0.2, 0.25) is 11.8 Å². The molecule has 0 bridgehead atoms. The van der Waals surface area contributed by atoms with Crippen molar-refractivity contribution < 1.29 is 9.59 Å². The molecule has 2 amide bonds. The lowest BCUT2D eigenvalue weighted by atomic mass is 10.1. The normalized spacial score (nSPS) is 18.5. The highest BCUT2D eigenvalue weighted by molar-refractivity contribution is 8.03. The number of benzene rings is 1. The Bertz CT molecular complexity index is 630. The number of amides is 2. The second kappa shape index (κ2) is 6.23. The van der Waals surface area contributed by atoms with Crippen LogP contribution in [0.3, 0.4) is 0 Å². The Morgan fingerprint density at radius 1 is 1.25 bits per heavy atom. The Labute approximate surface area is 134 Å². The molecule has 1 aliphatic heterocycles. The fourth-order valence-electron chi connectivity index (χ4n) is 1.90. The predicted octanol–water partition coefficient (Wildman–Crippen LogP) is 3.74. The van der Waals surface area contributed by atoms with Crippen LogP contribution in [0.25, 0.3) is 0 Å². The van der Waals surface area contributed by atoms with Gasteiger partial charge in [0.15, 0.2) is 0 Å². The van der Waals surface area contributed by atoms with Gasteiger partial charge in [0.1, 0.15) is 5.40 Å². The largest absolute Gasteiger partial charge is 0.274 e. The van der Waals surface area contributed by atoms with E-state index in [4.69, 9.17) is 40.1 Å². The Morgan fingerprint density at radius 3 is 2.55 bits per heavy atom. The van der Waals surface area contributed by atoms with Crippen molar-refractivity contribution in [2.24, 2.45) is 5.92 Å². The van der Waals surface area contributed by atoms with E-state index in [0.717, 1.165) is 16.7 Å². The zero-order valence-corrected chi connectivity index (χ0v) is 13.0. The molecule has 0 aliphatic carbocycles. The number of imide groups is 1. The van der Waals surface area contributed by atoms with E-state index in [1.807, 2.05) is 5.40 Å². The Morgan fingerprint density at radius 2 is 1.90 bits per heavy atom. The van der Waals surface area contributed by atoms with E-state index in [1.165, 1.54) is 12.1 Å². The van der Waals surface area contributed by atoms with Crippen LogP contribution >= 0.6 is 46.6 Å². The van der Waals surface area contributed by atoms with Crippen LogP contribution in [-0.4, -0.2) is 17.6 Å². The van der Waals surface area contributed by atoms with E-state index < -0.39 is 5.92 Å². The fraction of sp³-hybridized carbons (Fsp3) is 0.250. The van der Waals surface area contributed by atoms with E-state index in [9.17, 15) is 9.59 Å². The van der Waals surface area contributed by atoms with Crippen molar-refractivity contribution in [3.63, 3.8) is 0 Å². The number of carbonyl (C=O) groups excluding carboxylic acids is 2. The van der Waals surface area contributed by atoms with Crippen LogP contribution in [0, 0.1) is 16.6 Å². The van der Waals surface area contributed by atoms with Crippen LogP contribution < -0.4 is 4.90 Å². The van der Waals surface area contributed by atoms with Crippen LogP contribution in [0.4, 0.5) is 5.69 Å². The van der Waals surface area contributed by atoms with Crippen molar-refractivity contribution in [3.8, 4) is 5.40 Å². The molecule has 104 valence electrons. The number of halogens is 3. The summed E-state index contributed by atoms with van der Waals surface area (Å²) in [5, 5.41) is 11.0. The quantitative estimate of drug-likeness (QED) is 0.474. The molecular weight excluding hydrogens is 343 g/mol. The van der Waals surface area contributed by atoms with Crippen LogP contribution in [-0.2, 0) is 9.59 Å². The molecule has 0 radical (unpaired) electrons. The number of thiocyanates is 1. The number of rotatable bonds is 3. The number of anilines is 1. The molecule has 0 spiro atoms. The molecule has 2 rings (SSSR count). The number of nitriles is 1. The summed E-state index contributed by atoms with van der Waals surface area (Å²) in [6, 6.07) is 2.78. The zero-order chi connectivity index (χ0) is 14.9. The summed E-state index contributed by atoms with van der Waals surface area (Å²) in [6.45, 7) is 0. The summed E-state index contributed by atoms with van der Waals surface area (Å²) < 4.78 is 0. The third-order valence-electron chi connectivity index (χ3n) is 2.82. The molecule has 4 nitrogen and oxygen atoms in total. The molecule has 20 heavy (non-hydrogen) atoms. The van der Waals surface area contributed by atoms with Crippen molar-refractivity contribution in [2.75, 3.05) is 10.7 Å². The predicted molar refractivity (Wildman–Crippen MR) is 80.1 cm³/mol. The van der Waals surface area contributed by atoms with Crippen molar-refractivity contribution in [1.29, 1.82) is 5.26 Å². The number of hydrogen-bond acceptors (Lipinski definition) is 4. The Hall–Kier alpha value is -0.930. The first-order chi connectivity index (χ1) is 9.45. The third-order valence-corrected chi connectivity index (χ3v) is 4.54. The molecule has 1 aromatic carbocycles. The van der Waals surface area contributed by atoms with Crippen LogP contribution in [0.15, 0.2) is 12.1 Å². The topological polar surface area (TPSA) is 61.2 Å². The molecule has 0 aromatic heterocycles. The lowest BCUT2D eigenvalue weighted by Crippen LogP contribution is -2.31. The second-order valence-electron chi connectivity index (χ2n) is 4.09. The monoisotopic (exact) mass is 348 g/mol. The molecule has 1 atom stereocenters. The highest BCUT2D eigenvalue weighted by Crippen LogP contribution is 2.38. The summed E-state index contributed by atoms with van der Waals surface area (Å²) in [7, 11) is 0. The Kier molecular flexibility index (Phi) is 4.82. The van der Waals surface area contributed by atoms with Gasteiger partial charge in [0.25, 0.3) is 0 Å². The van der Waals surface area contributed by atoms with Gasteiger partial charge in [0.05, 0.1) is 26.7 Å². The molecule has 0 N–H and O–H groups in total. The van der Waals surface area contributed by atoms with Gasteiger partial charge in [-0.05, 0) is 23.9 Å². The summed E-state index contributed by atoms with van der Waals surface area (Å²) in [5.74, 6) is -0.981. The van der Waals surface area contributed by atoms with Crippen LogP contribution in [0.5, 0.6) is 0 Å². The number of hydrogen-bond donors (Lipinski definition) is 0. The van der Waals surface area contributed by atoms with Crippen LogP contribution in [0.1, 0.15) is 6.42 Å². The van der Waals surface area contributed by atoms with Crippen molar-refractivity contribution in [1.82, 2.24) is 0 Å². The second-order valence-corrected chi connectivity index (χ2v) is 6.11. The summed E-state index contributed by atoms with van der Waals surface area (Å²) in [4.78, 5) is 25.2. The fourth-order valence-corrected chi connectivity index (χ4v) is 3.06. The van der Waals surface area contributed by atoms with Gasteiger partial charge >= 0.3 is 0 Å². The van der Waals surface area contributed by atoms with Gasteiger partial charge < -0.3 is 0 Å². The summed E-state index contributed by atoms with van der Waals surface area (Å²) in [6.07, 6.45) is 0.0596. The SMILES string of the molecule is N#CSCC1CC(=O)N(c2cc(Cl)c(Cl)cc2Cl)C1=O. The smallest absolute Gasteiger partial charge is 0.238 e. The third kappa shape index (κ3) is 2.89. The molecule has 1 unspecified atom stereocenters. The van der Waals surface area contributed by atoms with Gasteiger partial charge in [-0.3, -0.25) is 9.59 Å². The van der Waals surface area contributed by atoms with Gasteiger partial charge in [-0.1, -0.05) is 34.8 Å². The molecule has 0 saturated carbocycles. The number of carbonyl (C=O) groups is 2. The lowest BCUT2D eigenvalue weighted by molar-refractivity contribution is -0.122. The molecule has 1 heterocycles. The average molecular weight is 350 g/mol. The molecular formula is C12H7Cl3N2O2S. The minimum Gasteiger partial charge on any atom is -0.274 e. The minimum atomic E-state index is -0.516. The van der Waals surface area contributed by atoms with E-state index in [-0.39, 0.29) is 44.7 Å². The first-order valence-electron chi connectivity index (χ1n) is 5.48. The highest BCUT2D eigenvalue weighted by atomic mass is 35.5. The maximum atomic E-state index is 12.2. The average Bonchev–Trinajstić information content (AvgIpc) is 2.67.